The number of rotatable bonds is 2. The molecule has 0 fully saturated rings. The third kappa shape index (κ3) is 2.63. The minimum atomic E-state index is 0.00841. The van der Waals surface area contributed by atoms with Gasteiger partial charge in [-0.05, 0) is 49.2 Å². The van der Waals surface area contributed by atoms with Gasteiger partial charge in [0.05, 0.1) is 5.56 Å². The predicted molar refractivity (Wildman–Crippen MR) is 73.7 cm³/mol. The number of aromatic hydroxyl groups is 2. The Hall–Kier alpha value is -2.60. The summed E-state index contributed by atoms with van der Waals surface area (Å²) in [6, 6.07) is 8.04. The van der Waals surface area contributed by atoms with Crippen LogP contribution in [0.4, 0.5) is 0 Å². The molecule has 0 aliphatic carbocycles. The Labute approximate surface area is 112 Å². The Morgan fingerprint density at radius 1 is 1.05 bits per heavy atom. The molecule has 0 saturated heterocycles. The third-order valence-electron chi connectivity index (χ3n) is 2.79. The number of phenolic OH excluding ortho intramolecular Hbond substituents is 2. The van der Waals surface area contributed by atoms with Crippen LogP contribution >= 0.6 is 0 Å². The first-order valence-electron chi connectivity index (χ1n) is 5.79. The van der Waals surface area contributed by atoms with E-state index in [0.29, 0.717) is 17.1 Å². The van der Waals surface area contributed by atoms with Gasteiger partial charge in [-0.1, -0.05) is 5.92 Å². The van der Waals surface area contributed by atoms with E-state index in [-0.39, 0.29) is 11.5 Å². The van der Waals surface area contributed by atoms with Crippen molar-refractivity contribution in [3.63, 3.8) is 0 Å². The maximum absolute atomic E-state index is 9.69. The molecule has 0 unspecified atom stereocenters. The van der Waals surface area contributed by atoms with Gasteiger partial charge in [-0.3, -0.25) is 0 Å². The van der Waals surface area contributed by atoms with Gasteiger partial charge in [0.15, 0.2) is 0 Å². The maximum atomic E-state index is 9.69. The molecule has 0 radical (unpaired) electrons. The van der Waals surface area contributed by atoms with Gasteiger partial charge in [0.25, 0.3) is 0 Å². The molecule has 96 valence electrons. The fraction of sp³-hybridized carbons (Fsp3) is 0.125. The fourth-order valence-electron chi connectivity index (χ4n) is 1.90. The summed E-state index contributed by atoms with van der Waals surface area (Å²) in [5, 5.41) is 19.2. The number of aryl methyl sites for hydroxylation is 2. The van der Waals surface area contributed by atoms with E-state index in [1.807, 2.05) is 13.8 Å². The van der Waals surface area contributed by atoms with Crippen LogP contribution in [-0.2, 0) is 0 Å². The highest BCUT2D eigenvalue weighted by molar-refractivity contribution is 5.51. The van der Waals surface area contributed by atoms with Gasteiger partial charge in [-0.25, -0.2) is 0 Å². The molecule has 2 aromatic carbocycles. The normalized spacial score (nSPS) is 9.95. The summed E-state index contributed by atoms with van der Waals surface area (Å²) in [6.07, 6.45) is 5.24. The van der Waals surface area contributed by atoms with Crippen molar-refractivity contribution in [3.8, 4) is 35.3 Å². The van der Waals surface area contributed by atoms with Crippen LogP contribution in [0.5, 0.6) is 23.0 Å². The van der Waals surface area contributed by atoms with E-state index in [9.17, 15) is 10.2 Å². The SMILES string of the molecule is C#Cc1ccc(Oc2c(C)cc(O)cc2C)cc1O. The molecule has 0 atom stereocenters. The van der Waals surface area contributed by atoms with Crippen LogP contribution in [-0.4, -0.2) is 10.2 Å². The van der Waals surface area contributed by atoms with Crippen LogP contribution in [0.25, 0.3) is 0 Å². The van der Waals surface area contributed by atoms with E-state index >= 15 is 0 Å². The van der Waals surface area contributed by atoms with Gasteiger partial charge >= 0.3 is 0 Å². The molecule has 0 aliphatic heterocycles. The Morgan fingerprint density at radius 3 is 2.21 bits per heavy atom. The van der Waals surface area contributed by atoms with Crippen molar-refractivity contribution >= 4 is 0 Å². The summed E-state index contributed by atoms with van der Waals surface area (Å²) in [6.45, 7) is 3.69. The molecule has 3 heteroatoms. The van der Waals surface area contributed by atoms with E-state index in [2.05, 4.69) is 5.92 Å². The predicted octanol–water partition coefficient (Wildman–Crippen LogP) is 3.49. The number of terminal acetylenes is 1. The van der Waals surface area contributed by atoms with E-state index in [0.717, 1.165) is 11.1 Å². The van der Waals surface area contributed by atoms with Gasteiger partial charge in [-0.2, -0.15) is 0 Å². The Balaban J connectivity index is 2.37. The topological polar surface area (TPSA) is 49.7 Å². The highest BCUT2D eigenvalue weighted by atomic mass is 16.5. The molecule has 2 aromatic rings. The number of ether oxygens (including phenoxy) is 1. The lowest BCUT2D eigenvalue weighted by molar-refractivity contribution is 0.446. The standard InChI is InChI=1S/C16H14O3/c1-4-12-5-6-14(9-15(12)18)19-16-10(2)7-13(17)8-11(16)3/h1,5-9,17-18H,2-3H3. The molecule has 0 heterocycles. The quantitative estimate of drug-likeness (QED) is 0.806. The first-order chi connectivity index (χ1) is 9.01. The van der Waals surface area contributed by atoms with Crippen molar-refractivity contribution in [1.82, 2.24) is 0 Å². The van der Waals surface area contributed by atoms with Crippen LogP contribution < -0.4 is 4.74 Å². The zero-order valence-electron chi connectivity index (χ0n) is 10.8. The summed E-state index contributed by atoms with van der Waals surface area (Å²) < 4.78 is 5.74. The molecular formula is C16H14O3. The van der Waals surface area contributed by atoms with Gasteiger partial charge in [-0.15, -0.1) is 6.42 Å². The van der Waals surface area contributed by atoms with Crippen LogP contribution in [0.1, 0.15) is 16.7 Å². The monoisotopic (exact) mass is 254 g/mol. The lowest BCUT2D eigenvalue weighted by Gasteiger charge is -2.12. The highest BCUT2D eigenvalue weighted by Crippen LogP contribution is 2.33. The average Bonchev–Trinajstić information content (AvgIpc) is 2.34. The summed E-state index contributed by atoms with van der Waals surface area (Å²) in [7, 11) is 0. The van der Waals surface area contributed by atoms with Crippen LogP contribution in [0.15, 0.2) is 30.3 Å². The molecule has 3 nitrogen and oxygen atoms in total. The Kier molecular flexibility index (Phi) is 3.35. The number of hydrogen-bond donors (Lipinski definition) is 2. The summed E-state index contributed by atoms with van der Waals surface area (Å²) in [5.41, 5.74) is 2.06. The first-order valence-corrected chi connectivity index (χ1v) is 5.79. The van der Waals surface area contributed by atoms with Gasteiger partial charge in [0.1, 0.15) is 23.0 Å². The molecule has 0 aliphatic rings. The van der Waals surface area contributed by atoms with Crippen molar-refractivity contribution in [2.75, 3.05) is 0 Å². The smallest absolute Gasteiger partial charge is 0.134 e. The van der Waals surface area contributed by atoms with E-state index in [1.165, 1.54) is 6.07 Å². The second-order valence-corrected chi connectivity index (χ2v) is 4.33. The minimum absolute atomic E-state index is 0.00841. The molecule has 0 amide bonds. The largest absolute Gasteiger partial charge is 0.508 e. The number of benzene rings is 2. The Bertz CT molecular complexity index is 643. The molecule has 2 N–H and O–H groups in total. The zero-order chi connectivity index (χ0) is 14.0. The molecule has 0 saturated carbocycles. The second kappa shape index (κ2) is 4.95. The average molecular weight is 254 g/mol. The molecule has 2 rings (SSSR count). The first kappa shape index (κ1) is 12.8. The molecule has 0 aromatic heterocycles. The lowest BCUT2D eigenvalue weighted by atomic mass is 10.1. The van der Waals surface area contributed by atoms with E-state index < -0.39 is 0 Å². The Morgan fingerprint density at radius 2 is 1.68 bits per heavy atom. The summed E-state index contributed by atoms with van der Waals surface area (Å²) in [5.74, 6) is 3.74. The molecular weight excluding hydrogens is 240 g/mol. The number of hydrogen-bond acceptors (Lipinski definition) is 3. The summed E-state index contributed by atoms with van der Waals surface area (Å²) in [4.78, 5) is 0. The minimum Gasteiger partial charge on any atom is -0.508 e. The summed E-state index contributed by atoms with van der Waals surface area (Å²) >= 11 is 0. The third-order valence-corrected chi connectivity index (χ3v) is 2.79. The zero-order valence-corrected chi connectivity index (χ0v) is 10.8. The fourth-order valence-corrected chi connectivity index (χ4v) is 1.90. The van der Waals surface area contributed by atoms with Gasteiger partial charge < -0.3 is 14.9 Å². The number of phenols is 2. The van der Waals surface area contributed by atoms with Crippen molar-refractivity contribution in [3.05, 3.63) is 47.0 Å². The molecule has 0 bridgehead atoms. The van der Waals surface area contributed by atoms with Crippen molar-refractivity contribution in [1.29, 1.82) is 0 Å². The van der Waals surface area contributed by atoms with Crippen LogP contribution in [0, 0.1) is 26.2 Å². The molecule has 0 spiro atoms. The maximum Gasteiger partial charge on any atom is 0.134 e. The van der Waals surface area contributed by atoms with Crippen LogP contribution in [0.2, 0.25) is 0 Å². The van der Waals surface area contributed by atoms with E-state index in [1.54, 1.807) is 24.3 Å². The highest BCUT2D eigenvalue weighted by Gasteiger charge is 2.09. The van der Waals surface area contributed by atoms with E-state index in [4.69, 9.17) is 11.2 Å². The molecule has 19 heavy (non-hydrogen) atoms. The lowest BCUT2D eigenvalue weighted by Crippen LogP contribution is -1.91. The second-order valence-electron chi connectivity index (χ2n) is 4.33. The van der Waals surface area contributed by atoms with Crippen LogP contribution in [0.3, 0.4) is 0 Å². The van der Waals surface area contributed by atoms with Crippen molar-refractivity contribution in [2.45, 2.75) is 13.8 Å². The van der Waals surface area contributed by atoms with Gasteiger partial charge in [0.2, 0.25) is 0 Å². The van der Waals surface area contributed by atoms with Crippen molar-refractivity contribution in [2.24, 2.45) is 0 Å². The van der Waals surface area contributed by atoms with Gasteiger partial charge in [0, 0.05) is 6.07 Å². The van der Waals surface area contributed by atoms with Crippen molar-refractivity contribution < 1.29 is 14.9 Å².